The number of benzene rings is 4. The standard InChI is InChI=1S/C36H14F6N4/c37-35(38,39)25-7-1-19(2-8-25)21-5-11-27-29(13-21)33-32(24(17-45)18-46)28-12-6-22(20-3-9-26(10-4-20)36(40,41)42)14-30(28)34(33)31(27)23(15-43)16-44/h1-14H. The normalized spacial score (nSPS) is 13.2. The quantitative estimate of drug-likeness (QED) is 0.166. The molecule has 0 saturated heterocycles. The second kappa shape index (κ2) is 10.7. The largest absolute Gasteiger partial charge is 0.416 e. The highest BCUT2D eigenvalue weighted by molar-refractivity contribution is 6.38. The molecule has 0 unspecified atom stereocenters. The van der Waals surface area contributed by atoms with Crippen LogP contribution in [0.25, 0.3) is 44.5 Å². The molecule has 0 atom stereocenters. The van der Waals surface area contributed by atoms with Crippen LogP contribution in [0.3, 0.4) is 0 Å². The lowest BCUT2D eigenvalue weighted by molar-refractivity contribution is -0.138. The lowest BCUT2D eigenvalue weighted by Crippen LogP contribution is -2.04. The number of halogens is 6. The molecule has 4 aromatic carbocycles. The number of hydrogen-bond acceptors (Lipinski definition) is 4. The summed E-state index contributed by atoms with van der Waals surface area (Å²) in [5.74, 6) is 0. The Balaban J connectivity index is 1.61. The Morgan fingerprint density at radius 3 is 1.00 bits per heavy atom. The van der Waals surface area contributed by atoms with E-state index < -0.39 is 23.5 Å². The van der Waals surface area contributed by atoms with E-state index in [9.17, 15) is 47.4 Å². The van der Waals surface area contributed by atoms with Crippen molar-refractivity contribution < 1.29 is 26.3 Å². The third-order valence-electron chi connectivity index (χ3n) is 7.90. The summed E-state index contributed by atoms with van der Waals surface area (Å²) in [4.78, 5) is 0. The number of hydrogen-bond donors (Lipinski definition) is 0. The lowest BCUT2D eigenvalue weighted by atomic mass is 9.87. The molecule has 0 radical (unpaired) electrons. The van der Waals surface area contributed by atoms with E-state index in [0.29, 0.717) is 55.7 Å². The fraction of sp³-hybridized carbons (Fsp3) is 0.0556. The van der Waals surface area contributed by atoms with Crippen molar-refractivity contribution in [1.29, 1.82) is 21.0 Å². The summed E-state index contributed by atoms with van der Waals surface area (Å²) in [6.07, 6.45) is -9.05. The smallest absolute Gasteiger partial charge is 0.192 e. The van der Waals surface area contributed by atoms with E-state index in [1.165, 1.54) is 24.3 Å². The molecule has 0 bridgehead atoms. The van der Waals surface area contributed by atoms with Gasteiger partial charge >= 0.3 is 12.4 Å². The van der Waals surface area contributed by atoms with Gasteiger partial charge in [0.1, 0.15) is 35.4 Å². The van der Waals surface area contributed by atoms with Crippen LogP contribution in [0.2, 0.25) is 0 Å². The highest BCUT2D eigenvalue weighted by Crippen LogP contribution is 2.59. The van der Waals surface area contributed by atoms with Gasteiger partial charge in [-0.05, 0) is 80.9 Å². The SMILES string of the molecule is N#CC(C#N)=C1C2=C(C(=C(C#N)C#N)c3ccc(-c4ccc(C(F)(F)F)cc4)cc32)c2cc(-c3ccc(C(F)(F)F)cc3)ccc21. The second-order valence-electron chi connectivity index (χ2n) is 10.4. The van der Waals surface area contributed by atoms with Crippen molar-refractivity contribution in [2.75, 3.05) is 0 Å². The third kappa shape index (κ3) is 4.70. The van der Waals surface area contributed by atoms with E-state index in [2.05, 4.69) is 0 Å². The molecule has 4 aromatic rings. The van der Waals surface area contributed by atoms with E-state index in [-0.39, 0.29) is 22.3 Å². The van der Waals surface area contributed by atoms with Crippen molar-refractivity contribution in [3.63, 3.8) is 0 Å². The van der Waals surface area contributed by atoms with E-state index in [1.54, 1.807) is 36.4 Å². The molecule has 0 amide bonds. The zero-order valence-electron chi connectivity index (χ0n) is 23.1. The molecule has 0 aromatic heterocycles. The molecule has 2 aliphatic rings. The summed E-state index contributed by atoms with van der Waals surface area (Å²) < 4.78 is 79.1. The van der Waals surface area contributed by atoms with Crippen LogP contribution in [0.1, 0.15) is 33.4 Å². The maximum absolute atomic E-state index is 13.2. The van der Waals surface area contributed by atoms with Crippen molar-refractivity contribution in [1.82, 2.24) is 0 Å². The maximum atomic E-state index is 13.2. The van der Waals surface area contributed by atoms with Crippen molar-refractivity contribution in [2.24, 2.45) is 0 Å². The minimum atomic E-state index is -4.53. The third-order valence-corrected chi connectivity index (χ3v) is 7.90. The average molecular weight is 617 g/mol. The zero-order valence-corrected chi connectivity index (χ0v) is 23.1. The zero-order chi connectivity index (χ0) is 33.0. The Labute approximate surface area is 257 Å². The maximum Gasteiger partial charge on any atom is 0.416 e. The molecule has 0 saturated carbocycles. The van der Waals surface area contributed by atoms with E-state index in [4.69, 9.17) is 0 Å². The summed E-state index contributed by atoms with van der Waals surface area (Å²) in [7, 11) is 0. The molecule has 46 heavy (non-hydrogen) atoms. The van der Waals surface area contributed by atoms with Gasteiger partial charge in [-0.3, -0.25) is 0 Å². The predicted octanol–water partition coefficient (Wildman–Crippen LogP) is 9.60. The molecular formula is C36H14F6N4. The van der Waals surface area contributed by atoms with Crippen LogP contribution >= 0.6 is 0 Å². The first kappa shape index (κ1) is 29.7. The molecule has 2 aliphatic carbocycles. The first-order valence-electron chi connectivity index (χ1n) is 13.4. The van der Waals surface area contributed by atoms with Gasteiger partial charge in [-0.25, -0.2) is 0 Å². The van der Waals surface area contributed by atoms with Crippen LogP contribution in [-0.2, 0) is 12.4 Å². The van der Waals surface area contributed by atoms with Gasteiger partial charge in [-0.15, -0.1) is 0 Å². The first-order valence-corrected chi connectivity index (χ1v) is 13.4. The van der Waals surface area contributed by atoms with Gasteiger partial charge in [0.2, 0.25) is 0 Å². The number of alkyl halides is 6. The lowest BCUT2D eigenvalue weighted by Gasteiger charge is -2.15. The molecule has 0 spiro atoms. The molecule has 4 nitrogen and oxygen atoms in total. The molecule has 0 heterocycles. The summed E-state index contributed by atoms with van der Waals surface area (Å²) in [5.41, 5.74) is 2.80. The first-order chi connectivity index (χ1) is 21.9. The summed E-state index contributed by atoms with van der Waals surface area (Å²) in [6.45, 7) is 0. The molecule has 10 heteroatoms. The predicted molar refractivity (Wildman–Crippen MR) is 157 cm³/mol. The van der Waals surface area contributed by atoms with Gasteiger partial charge < -0.3 is 0 Å². The van der Waals surface area contributed by atoms with E-state index in [1.807, 2.05) is 24.3 Å². The summed E-state index contributed by atoms with van der Waals surface area (Å²) in [5, 5.41) is 39.8. The Hall–Kier alpha value is -6.36. The number of nitriles is 4. The van der Waals surface area contributed by atoms with Crippen LogP contribution in [-0.4, -0.2) is 0 Å². The number of rotatable bonds is 2. The van der Waals surface area contributed by atoms with Crippen LogP contribution in [0.4, 0.5) is 26.3 Å². The van der Waals surface area contributed by atoms with Gasteiger partial charge in [0.25, 0.3) is 0 Å². The van der Waals surface area contributed by atoms with Gasteiger partial charge in [0.05, 0.1) is 11.1 Å². The minimum Gasteiger partial charge on any atom is -0.192 e. The Morgan fingerprint density at radius 1 is 0.413 bits per heavy atom. The number of nitrogens with zero attached hydrogens (tertiary/aromatic N) is 4. The average Bonchev–Trinajstić information content (AvgIpc) is 3.54. The van der Waals surface area contributed by atoms with Gasteiger partial charge in [0, 0.05) is 22.3 Å². The Morgan fingerprint density at radius 2 is 0.717 bits per heavy atom. The van der Waals surface area contributed by atoms with Crippen molar-refractivity contribution in [3.8, 4) is 46.5 Å². The monoisotopic (exact) mass is 616 g/mol. The topological polar surface area (TPSA) is 95.2 Å². The van der Waals surface area contributed by atoms with Crippen molar-refractivity contribution >= 4 is 22.3 Å². The van der Waals surface area contributed by atoms with Crippen LogP contribution in [0, 0.1) is 45.3 Å². The molecule has 0 aliphatic heterocycles. The molecule has 0 fully saturated rings. The fourth-order valence-corrected chi connectivity index (χ4v) is 5.85. The summed E-state index contributed by atoms with van der Waals surface area (Å²) in [6, 6.07) is 26.5. The molecule has 220 valence electrons. The van der Waals surface area contributed by atoms with Crippen molar-refractivity contribution in [2.45, 2.75) is 12.4 Å². The fourth-order valence-electron chi connectivity index (χ4n) is 5.85. The highest BCUT2D eigenvalue weighted by Gasteiger charge is 2.40. The molecule has 0 N–H and O–H groups in total. The minimum absolute atomic E-state index is 0.241. The number of fused-ring (bicyclic) bond motifs is 4. The second-order valence-corrected chi connectivity index (χ2v) is 10.4. The highest BCUT2D eigenvalue weighted by atomic mass is 19.4. The number of allylic oxidation sites excluding steroid dienone is 6. The Bertz CT molecular complexity index is 2050. The van der Waals surface area contributed by atoms with Crippen LogP contribution in [0.15, 0.2) is 96.1 Å². The summed E-state index contributed by atoms with van der Waals surface area (Å²) >= 11 is 0. The Kier molecular flexibility index (Phi) is 6.89. The van der Waals surface area contributed by atoms with E-state index in [0.717, 1.165) is 24.3 Å². The van der Waals surface area contributed by atoms with Crippen molar-refractivity contribution in [3.05, 3.63) is 129 Å². The van der Waals surface area contributed by atoms with Crippen LogP contribution < -0.4 is 0 Å². The van der Waals surface area contributed by atoms with Gasteiger partial charge in [-0.1, -0.05) is 48.5 Å². The van der Waals surface area contributed by atoms with Gasteiger partial charge in [-0.2, -0.15) is 47.4 Å². The van der Waals surface area contributed by atoms with E-state index >= 15 is 0 Å². The molecule has 6 rings (SSSR count). The van der Waals surface area contributed by atoms with Crippen LogP contribution in [0.5, 0.6) is 0 Å². The van der Waals surface area contributed by atoms with Gasteiger partial charge in [0.15, 0.2) is 0 Å². The molecular weight excluding hydrogens is 602 g/mol.